The molecule has 0 heterocycles. The monoisotopic (exact) mass is 568 g/mol. The Kier molecular flexibility index (Phi) is 7.63. The van der Waals surface area contributed by atoms with Gasteiger partial charge in [0.2, 0.25) is 0 Å². The number of allylic oxidation sites excluding steroid dienone is 1. The Morgan fingerprint density at radius 1 is 1.02 bits per heavy atom. The van der Waals surface area contributed by atoms with Gasteiger partial charge in [0.1, 0.15) is 11.7 Å². The highest BCUT2D eigenvalue weighted by molar-refractivity contribution is 5.95. The van der Waals surface area contributed by atoms with Crippen LogP contribution >= 0.6 is 0 Å². The molecule has 1 aromatic rings. The number of aliphatic hydroxyl groups is 4. The normalized spacial score (nSPS) is 39.0. The first kappa shape index (κ1) is 30.4. The Hall–Kier alpha value is -2.06. The number of carbonyl (C=O) groups excluding carboxylic acids is 2. The Morgan fingerprint density at radius 2 is 1.71 bits per heavy atom. The number of ketones is 1. The van der Waals surface area contributed by atoms with Gasteiger partial charge in [-0.2, -0.15) is 0 Å². The highest BCUT2D eigenvalue weighted by Crippen LogP contribution is 2.68. The first-order valence-corrected chi connectivity index (χ1v) is 15.4. The van der Waals surface area contributed by atoms with Crippen LogP contribution in [0.2, 0.25) is 0 Å². The van der Waals surface area contributed by atoms with E-state index in [2.05, 4.69) is 6.92 Å². The van der Waals surface area contributed by atoms with Crippen LogP contribution in [0.15, 0.2) is 42.0 Å². The number of fused-ring (bicyclic) bond motifs is 5. The Balaban J connectivity index is 1.47. The summed E-state index contributed by atoms with van der Waals surface area (Å²) in [7, 11) is 0. The minimum Gasteiger partial charge on any atom is -0.456 e. The number of aliphatic hydroxyl groups excluding tert-OH is 1. The van der Waals surface area contributed by atoms with E-state index >= 15 is 0 Å². The maximum atomic E-state index is 13.5. The number of benzene rings is 1. The second kappa shape index (κ2) is 10.3. The number of esters is 1. The minimum atomic E-state index is -1.50. The average Bonchev–Trinajstić information content (AvgIpc) is 3.19. The molecular weight excluding hydrogens is 520 g/mol. The van der Waals surface area contributed by atoms with Crippen molar-refractivity contribution in [3.05, 3.63) is 47.5 Å². The SMILES string of the molecule is CC(C)(O)CC[C@@H](OC(=O)c1ccccc1)[C@](C)(O)[C@H]1CC[C@@]2(O)C3=CC(=O)[C@@H]4C[C@@H](O)CC[C@]4(C)[C@H]3CC[C@]12C. The van der Waals surface area contributed by atoms with Crippen molar-refractivity contribution in [1.29, 1.82) is 0 Å². The summed E-state index contributed by atoms with van der Waals surface area (Å²) in [5.74, 6) is -1.15. The second-order valence-electron chi connectivity index (χ2n) is 14.8. The Bertz CT molecular complexity index is 1200. The molecule has 0 aliphatic heterocycles. The first-order chi connectivity index (χ1) is 19.0. The molecule has 0 aromatic heterocycles. The fraction of sp³-hybridized carbons (Fsp3) is 0.706. The van der Waals surface area contributed by atoms with E-state index in [0.29, 0.717) is 44.1 Å². The molecule has 9 atom stereocenters. The summed E-state index contributed by atoms with van der Waals surface area (Å²) in [5.41, 5.74) is -3.66. The van der Waals surface area contributed by atoms with Crippen molar-refractivity contribution in [2.24, 2.45) is 28.6 Å². The van der Waals surface area contributed by atoms with Crippen LogP contribution in [-0.2, 0) is 9.53 Å². The molecule has 226 valence electrons. The third-order valence-electron chi connectivity index (χ3n) is 11.7. The average molecular weight is 569 g/mol. The van der Waals surface area contributed by atoms with Crippen molar-refractivity contribution < 1.29 is 34.8 Å². The van der Waals surface area contributed by atoms with E-state index in [1.54, 1.807) is 51.1 Å². The maximum absolute atomic E-state index is 13.5. The van der Waals surface area contributed by atoms with Gasteiger partial charge in [0.15, 0.2) is 5.78 Å². The molecule has 0 radical (unpaired) electrons. The summed E-state index contributed by atoms with van der Waals surface area (Å²) >= 11 is 0. The summed E-state index contributed by atoms with van der Waals surface area (Å²) < 4.78 is 6.01. The van der Waals surface area contributed by atoms with Crippen molar-refractivity contribution in [3.8, 4) is 0 Å². The molecule has 0 saturated heterocycles. The molecule has 41 heavy (non-hydrogen) atoms. The third-order valence-corrected chi connectivity index (χ3v) is 11.7. The molecule has 7 nitrogen and oxygen atoms in total. The molecule has 7 heteroatoms. The van der Waals surface area contributed by atoms with E-state index in [0.717, 1.165) is 18.4 Å². The van der Waals surface area contributed by atoms with E-state index in [9.17, 15) is 30.0 Å². The summed E-state index contributed by atoms with van der Waals surface area (Å²) in [6, 6.07) is 8.68. The van der Waals surface area contributed by atoms with Crippen LogP contribution in [-0.4, -0.2) is 61.2 Å². The van der Waals surface area contributed by atoms with Gasteiger partial charge in [-0.1, -0.05) is 32.0 Å². The number of ether oxygens (including phenoxy) is 1. The molecule has 0 unspecified atom stereocenters. The largest absolute Gasteiger partial charge is 0.456 e. The molecule has 4 aliphatic rings. The van der Waals surface area contributed by atoms with E-state index in [4.69, 9.17) is 4.74 Å². The van der Waals surface area contributed by atoms with Crippen LogP contribution in [0.4, 0.5) is 0 Å². The van der Waals surface area contributed by atoms with E-state index in [1.165, 1.54) is 0 Å². The molecule has 3 fully saturated rings. The quantitative estimate of drug-likeness (QED) is 0.350. The molecule has 0 spiro atoms. The van der Waals surface area contributed by atoms with Crippen LogP contribution < -0.4 is 0 Å². The predicted molar refractivity (Wildman–Crippen MR) is 155 cm³/mol. The lowest BCUT2D eigenvalue weighted by Gasteiger charge is -2.60. The van der Waals surface area contributed by atoms with Crippen molar-refractivity contribution >= 4 is 11.8 Å². The molecule has 4 aliphatic carbocycles. The summed E-state index contributed by atoms with van der Waals surface area (Å²) in [4.78, 5) is 26.6. The zero-order chi connectivity index (χ0) is 30.0. The summed E-state index contributed by atoms with van der Waals surface area (Å²) in [6.45, 7) is 9.27. The van der Waals surface area contributed by atoms with Crippen molar-refractivity contribution in [2.75, 3.05) is 0 Å². The molecule has 0 amide bonds. The third kappa shape index (κ3) is 5.01. The van der Waals surface area contributed by atoms with E-state index in [-0.39, 0.29) is 29.5 Å². The van der Waals surface area contributed by atoms with Gasteiger partial charge in [0.25, 0.3) is 0 Å². The van der Waals surface area contributed by atoms with Gasteiger partial charge in [-0.05, 0) is 120 Å². The molecule has 5 rings (SSSR count). The lowest BCUT2D eigenvalue weighted by Crippen LogP contribution is -2.62. The zero-order valence-corrected chi connectivity index (χ0v) is 25.2. The van der Waals surface area contributed by atoms with Gasteiger partial charge in [-0.25, -0.2) is 4.79 Å². The second-order valence-corrected chi connectivity index (χ2v) is 14.8. The van der Waals surface area contributed by atoms with Crippen LogP contribution in [0.25, 0.3) is 0 Å². The fourth-order valence-electron chi connectivity index (χ4n) is 9.20. The highest BCUT2D eigenvalue weighted by Gasteiger charge is 2.69. The lowest BCUT2D eigenvalue weighted by atomic mass is 9.46. The van der Waals surface area contributed by atoms with Crippen molar-refractivity contribution in [1.82, 2.24) is 0 Å². The van der Waals surface area contributed by atoms with Gasteiger partial charge >= 0.3 is 5.97 Å². The number of hydrogen-bond donors (Lipinski definition) is 4. The molecule has 1 aromatic carbocycles. The van der Waals surface area contributed by atoms with Gasteiger partial charge < -0.3 is 25.2 Å². The smallest absolute Gasteiger partial charge is 0.338 e. The van der Waals surface area contributed by atoms with Gasteiger partial charge in [-0.3, -0.25) is 4.79 Å². The molecular formula is C34H48O7. The summed E-state index contributed by atoms with van der Waals surface area (Å²) in [6.07, 6.45) is 5.12. The van der Waals surface area contributed by atoms with Crippen LogP contribution in [0.5, 0.6) is 0 Å². The van der Waals surface area contributed by atoms with Gasteiger partial charge in [0, 0.05) is 11.3 Å². The zero-order valence-electron chi connectivity index (χ0n) is 25.2. The predicted octanol–water partition coefficient (Wildman–Crippen LogP) is 4.75. The number of rotatable bonds is 7. The van der Waals surface area contributed by atoms with Crippen molar-refractivity contribution in [2.45, 2.75) is 121 Å². The molecule has 3 saturated carbocycles. The van der Waals surface area contributed by atoms with E-state index in [1.807, 2.05) is 13.0 Å². The van der Waals surface area contributed by atoms with Crippen LogP contribution in [0.3, 0.4) is 0 Å². The highest BCUT2D eigenvalue weighted by atomic mass is 16.6. The van der Waals surface area contributed by atoms with Crippen molar-refractivity contribution in [3.63, 3.8) is 0 Å². The first-order valence-electron chi connectivity index (χ1n) is 15.4. The van der Waals surface area contributed by atoms with Crippen LogP contribution in [0.1, 0.15) is 103 Å². The Labute approximate surface area is 244 Å². The fourth-order valence-corrected chi connectivity index (χ4v) is 9.20. The van der Waals surface area contributed by atoms with Gasteiger partial charge in [-0.15, -0.1) is 0 Å². The van der Waals surface area contributed by atoms with Gasteiger partial charge in [0.05, 0.1) is 22.9 Å². The minimum absolute atomic E-state index is 0.00905. The standard InChI is InChI=1S/C34H48O7/c1-30(2,38)15-14-28(41-29(37)21-9-7-6-8-10-21)33(5,39)27-13-18-34(40)24-20-26(36)25-19-22(35)11-16-31(25,3)23(24)12-17-32(27,34)4/h6-10,20,22-23,25,27-28,35,38-40H,11-19H2,1-5H3/t22-,23-,25-,27-,28+,31+,32+,33+,34+/m0/s1. The van der Waals surface area contributed by atoms with Crippen LogP contribution in [0, 0.1) is 28.6 Å². The lowest BCUT2D eigenvalue weighted by molar-refractivity contribution is -0.174. The maximum Gasteiger partial charge on any atom is 0.338 e. The number of hydrogen-bond acceptors (Lipinski definition) is 7. The summed E-state index contributed by atoms with van der Waals surface area (Å²) in [5, 5.41) is 45.7. The van der Waals surface area contributed by atoms with E-state index < -0.39 is 46.3 Å². The number of carbonyl (C=O) groups is 2. The molecule has 4 N–H and O–H groups in total. The Morgan fingerprint density at radius 3 is 2.37 bits per heavy atom. The molecule has 0 bridgehead atoms. The topological polar surface area (TPSA) is 124 Å².